The van der Waals surface area contributed by atoms with Crippen molar-refractivity contribution >= 4 is 63.2 Å². The predicted octanol–water partition coefficient (Wildman–Crippen LogP) is 3.08. The quantitative estimate of drug-likeness (QED) is 0.229. The first-order valence-electron chi connectivity index (χ1n) is 13.3. The van der Waals surface area contributed by atoms with Crippen LogP contribution in [-0.4, -0.2) is 69.4 Å². The second-order valence-electron chi connectivity index (χ2n) is 9.75. The van der Waals surface area contributed by atoms with Crippen LogP contribution in [0.5, 0.6) is 0 Å². The van der Waals surface area contributed by atoms with Gasteiger partial charge in [-0.2, -0.15) is 0 Å². The van der Waals surface area contributed by atoms with Gasteiger partial charge in [0.25, 0.3) is 0 Å². The molecule has 3 amide bonds. The standard InChI is InChI=1S/C26H39N5O4S3/c1-3-4-5-6-7-11-23(34)36-12-9-8-10-18-13-20(32)27-15-22-30-19(16-37-22)24-31-26(2,17-38-24)25(35)28-14-21(33)29-18/h8,10,16,18,22,30H,3-7,9,11-15,17H2,1-2H3,(H,27,32)(H,28,35)(H,29,33)/b10-8+. The average molecular weight is 582 g/mol. The summed E-state index contributed by atoms with van der Waals surface area (Å²) in [7, 11) is 0. The summed E-state index contributed by atoms with van der Waals surface area (Å²) in [5.41, 5.74) is -0.0879. The number of fused-ring (bicyclic) bond motifs is 4. The lowest BCUT2D eigenvalue weighted by atomic mass is 10.1. The molecule has 3 unspecified atom stereocenters. The van der Waals surface area contributed by atoms with Crippen molar-refractivity contribution in [3.05, 3.63) is 23.3 Å². The molecular formula is C26H39N5O4S3. The number of carbonyl (C=O) groups excluding carboxylic acids is 4. The minimum atomic E-state index is -0.944. The monoisotopic (exact) mass is 581 g/mol. The number of hydrogen-bond donors (Lipinski definition) is 4. The number of hydrogen-bond acceptors (Lipinski definition) is 9. The Morgan fingerprint density at radius 2 is 1.97 bits per heavy atom. The van der Waals surface area contributed by atoms with Crippen LogP contribution in [0, 0.1) is 0 Å². The van der Waals surface area contributed by atoms with Crippen LogP contribution < -0.4 is 21.3 Å². The van der Waals surface area contributed by atoms with Gasteiger partial charge in [-0.15, -0.1) is 23.5 Å². The van der Waals surface area contributed by atoms with Crippen molar-refractivity contribution in [2.45, 2.75) is 82.2 Å². The number of carbonyl (C=O) groups is 4. The maximum Gasteiger partial charge on any atom is 0.248 e. The van der Waals surface area contributed by atoms with Gasteiger partial charge in [0, 0.05) is 24.5 Å². The summed E-state index contributed by atoms with van der Waals surface area (Å²) in [6, 6.07) is -0.522. The summed E-state index contributed by atoms with van der Waals surface area (Å²) in [6.07, 6.45) is 10.7. The van der Waals surface area contributed by atoms with E-state index in [1.54, 1.807) is 24.8 Å². The van der Waals surface area contributed by atoms with Gasteiger partial charge in [0.1, 0.15) is 10.6 Å². The highest BCUT2D eigenvalue weighted by atomic mass is 32.2. The van der Waals surface area contributed by atoms with Crippen molar-refractivity contribution in [1.82, 2.24) is 21.3 Å². The smallest absolute Gasteiger partial charge is 0.248 e. The Hall–Kier alpha value is -1.92. The molecule has 0 aromatic carbocycles. The number of nitrogens with one attached hydrogen (secondary N) is 4. The molecule has 0 saturated heterocycles. The summed E-state index contributed by atoms with van der Waals surface area (Å²) < 4.78 is 0. The fraction of sp³-hybridized carbons (Fsp3) is 0.654. The highest BCUT2D eigenvalue weighted by Gasteiger charge is 2.40. The lowest BCUT2D eigenvalue weighted by Gasteiger charge is -2.20. The molecular weight excluding hydrogens is 543 g/mol. The third-order valence-corrected chi connectivity index (χ3v) is 9.51. The van der Waals surface area contributed by atoms with E-state index < -0.39 is 11.6 Å². The average Bonchev–Trinajstić information content (AvgIpc) is 3.52. The maximum absolute atomic E-state index is 12.8. The van der Waals surface area contributed by atoms with Crippen LogP contribution in [-0.2, 0) is 19.2 Å². The van der Waals surface area contributed by atoms with Gasteiger partial charge in [0.15, 0.2) is 5.12 Å². The van der Waals surface area contributed by atoms with Crippen molar-refractivity contribution < 1.29 is 19.2 Å². The van der Waals surface area contributed by atoms with E-state index in [2.05, 4.69) is 33.2 Å². The molecule has 0 fully saturated rings. The molecule has 0 aliphatic carbocycles. The molecule has 0 saturated carbocycles. The van der Waals surface area contributed by atoms with Crippen LogP contribution in [0.25, 0.3) is 0 Å². The minimum Gasteiger partial charge on any atom is -0.369 e. The second kappa shape index (κ2) is 15.6. The zero-order valence-corrected chi connectivity index (χ0v) is 24.6. The summed E-state index contributed by atoms with van der Waals surface area (Å²) in [5, 5.41) is 14.7. The molecule has 3 rings (SSSR count). The first-order valence-corrected chi connectivity index (χ1v) is 16.2. The summed E-state index contributed by atoms with van der Waals surface area (Å²) >= 11 is 4.40. The van der Waals surface area contributed by atoms with Gasteiger partial charge in [-0.3, -0.25) is 24.2 Å². The van der Waals surface area contributed by atoms with E-state index in [1.807, 2.05) is 11.5 Å². The predicted molar refractivity (Wildman–Crippen MR) is 158 cm³/mol. The first-order chi connectivity index (χ1) is 18.3. The number of aliphatic imine (C=N–C) groups is 1. The molecule has 3 aliphatic heterocycles. The van der Waals surface area contributed by atoms with Crippen LogP contribution >= 0.6 is 35.3 Å². The van der Waals surface area contributed by atoms with Gasteiger partial charge >= 0.3 is 0 Å². The minimum absolute atomic E-state index is 0.0318. The zero-order valence-electron chi connectivity index (χ0n) is 22.2. The van der Waals surface area contributed by atoms with E-state index in [4.69, 9.17) is 0 Å². The third kappa shape index (κ3) is 10.00. The van der Waals surface area contributed by atoms with E-state index in [9.17, 15) is 19.2 Å². The van der Waals surface area contributed by atoms with Crippen molar-refractivity contribution in [1.29, 1.82) is 0 Å². The van der Waals surface area contributed by atoms with Crippen molar-refractivity contribution in [2.75, 3.05) is 24.6 Å². The molecule has 0 spiro atoms. The van der Waals surface area contributed by atoms with Crippen molar-refractivity contribution in [3.8, 4) is 0 Å². The van der Waals surface area contributed by atoms with E-state index in [1.165, 1.54) is 42.8 Å². The number of thioether (sulfide) groups is 3. The second-order valence-corrected chi connectivity index (χ2v) is 12.9. The lowest BCUT2D eigenvalue weighted by Crippen LogP contribution is -2.49. The Labute approximate surface area is 238 Å². The SMILES string of the molecule is CCCCCCCC(=O)SCC/C=C/C1CC(=O)NCC2NC(=CS2)C2=NC(C)(CS2)C(=O)NCC(=O)N1. The number of nitrogens with zero attached hydrogens (tertiary/aromatic N) is 1. The molecule has 4 bridgehead atoms. The molecule has 38 heavy (non-hydrogen) atoms. The third-order valence-electron chi connectivity index (χ3n) is 6.27. The van der Waals surface area contributed by atoms with E-state index >= 15 is 0 Å². The summed E-state index contributed by atoms with van der Waals surface area (Å²) in [4.78, 5) is 54.8. The summed E-state index contributed by atoms with van der Waals surface area (Å²) in [6.45, 7) is 4.16. The highest BCUT2D eigenvalue weighted by molar-refractivity contribution is 8.15. The van der Waals surface area contributed by atoms with Crippen molar-refractivity contribution in [3.63, 3.8) is 0 Å². The number of amides is 3. The molecule has 12 heteroatoms. The number of rotatable bonds is 10. The fourth-order valence-corrected chi connectivity index (χ4v) is 6.91. The Bertz CT molecular complexity index is 971. The Kier molecular flexibility index (Phi) is 12.6. The van der Waals surface area contributed by atoms with E-state index in [0.717, 1.165) is 23.6 Å². The Morgan fingerprint density at radius 1 is 1.16 bits per heavy atom. The Balaban J connectivity index is 1.52. The molecule has 9 nitrogen and oxygen atoms in total. The molecule has 0 aromatic heterocycles. The maximum atomic E-state index is 12.8. The van der Waals surface area contributed by atoms with Crippen LogP contribution in [0.3, 0.4) is 0 Å². The molecule has 0 aromatic rings. The van der Waals surface area contributed by atoms with Crippen LogP contribution in [0.4, 0.5) is 0 Å². The van der Waals surface area contributed by atoms with Crippen LogP contribution in [0.2, 0.25) is 0 Å². The zero-order chi connectivity index (χ0) is 27.4. The van der Waals surface area contributed by atoms with Gasteiger partial charge in [0.05, 0.1) is 30.1 Å². The summed E-state index contributed by atoms with van der Waals surface area (Å²) in [5.74, 6) is 0.290. The number of allylic oxidation sites excluding steroid dienone is 1. The normalized spacial score (nSPS) is 26.3. The van der Waals surface area contributed by atoms with E-state index in [-0.39, 0.29) is 41.2 Å². The topological polar surface area (TPSA) is 129 Å². The van der Waals surface area contributed by atoms with Gasteiger partial charge in [-0.05, 0) is 25.2 Å². The molecule has 0 radical (unpaired) electrons. The molecule has 210 valence electrons. The molecule has 4 N–H and O–H groups in total. The van der Waals surface area contributed by atoms with Crippen LogP contribution in [0.1, 0.15) is 65.2 Å². The Morgan fingerprint density at radius 3 is 2.79 bits per heavy atom. The van der Waals surface area contributed by atoms with Gasteiger partial charge in [-0.1, -0.05) is 56.5 Å². The van der Waals surface area contributed by atoms with Crippen LogP contribution in [0.15, 0.2) is 28.2 Å². The van der Waals surface area contributed by atoms with Gasteiger partial charge in [0.2, 0.25) is 17.7 Å². The lowest BCUT2D eigenvalue weighted by molar-refractivity contribution is -0.129. The first kappa shape index (κ1) is 30.6. The highest BCUT2D eigenvalue weighted by Crippen LogP contribution is 2.34. The fourth-order valence-electron chi connectivity index (χ4n) is 4.06. The van der Waals surface area contributed by atoms with E-state index in [0.29, 0.717) is 30.9 Å². The molecule has 3 aliphatic rings. The largest absolute Gasteiger partial charge is 0.369 e. The van der Waals surface area contributed by atoms with Crippen molar-refractivity contribution in [2.24, 2.45) is 4.99 Å². The van der Waals surface area contributed by atoms with Gasteiger partial charge in [-0.25, -0.2) is 0 Å². The van der Waals surface area contributed by atoms with Gasteiger partial charge < -0.3 is 21.3 Å². The molecule has 3 heterocycles. The molecule has 3 atom stereocenters. The number of unbranched alkanes of at least 4 members (excludes halogenated alkanes) is 4.